The standard InChI is InChI=1S/C19H18BrClN2O2/c1-10-12(19(24)25-4)5-7-15(21)13(10)9-17-22-18-11(2)14(20)6-8-16(18)23(17)3/h5-8H,9H2,1-4H3. The second kappa shape index (κ2) is 6.81. The molecule has 0 atom stereocenters. The highest BCUT2D eigenvalue weighted by molar-refractivity contribution is 9.10. The van der Waals surface area contributed by atoms with Crippen molar-refractivity contribution in [3.8, 4) is 0 Å². The number of carbonyl (C=O) groups is 1. The molecule has 1 aromatic heterocycles. The molecule has 0 unspecified atom stereocenters. The van der Waals surface area contributed by atoms with Crippen molar-refractivity contribution >= 4 is 44.5 Å². The van der Waals surface area contributed by atoms with Gasteiger partial charge < -0.3 is 9.30 Å². The Bertz CT molecular complexity index is 995. The van der Waals surface area contributed by atoms with Gasteiger partial charge in [-0.25, -0.2) is 9.78 Å². The maximum absolute atomic E-state index is 11.9. The molecule has 0 fully saturated rings. The second-order valence-corrected chi connectivity index (χ2v) is 7.26. The fourth-order valence-corrected chi connectivity index (χ4v) is 3.60. The van der Waals surface area contributed by atoms with Crippen molar-refractivity contribution in [2.45, 2.75) is 20.3 Å². The summed E-state index contributed by atoms with van der Waals surface area (Å²) in [6, 6.07) is 7.51. The topological polar surface area (TPSA) is 44.1 Å². The van der Waals surface area contributed by atoms with E-state index in [1.54, 1.807) is 12.1 Å². The number of imidazole rings is 1. The van der Waals surface area contributed by atoms with E-state index in [9.17, 15) is 4.79 Å². The van der Waals surface area contributed by atoms with Gasteiger partial charge in [0, 0.05) is 23.0 Å². The van der Waals surface area contributed by atoms with E-state index in [-0.39, 0.29) is 5.97 Å². The van der Waals surface area contributed by atoms with Crippen molar-refractivity contribution in [3.63, 3.8) is 0 Å². The number of methoxy groups -OCH3 is 1. The van der Waals surface area contributed by atoms with Gasteiger partial charge in [0.25, 0.3) is 0 Å². The third kappa shape index (κ3) is 3.07. The van der Waals surface area contributed by atoms with E-state index >= 15 is 0 Å². The van der Waals surface area contributed by atoms with Gasteiger partial charge in [0.05, 0.1) is 23.7 Å². The van der Waals surface area contributed by atoms with Gasteiger partial charge in [-0.05, 0) is 54.8 Å². The number of ether oxygens (including phenoxy) is 1. The van der Waals surface area contributed by atoms with Gasteiger partial charge in [-0.1, -0.05) is 27.5 Å². The minimum Gasteiger partial charge on any atom is -0.465 e. The van der Waals surface area contributed by atoms with E-state index < -0.39 is 0 Å². The number of halogens is 2. The molecule has 0 amide bonds. The Hall–Kier alpha value is -1.85. The summed E-state index contributed by atoms with van der Waals surface area (Å²) in [6.07, 6.45) is 0.539. The van der Waals surface area contributed by atoms with Crippen LogP contribution in [0, 0.1) is 13.8 Å². The lowest BCUT2D eigenvalue weighted by atomic mass is 9.99. The Morgan fingerprint density at radius 3 is 2.64 bits per heavy atom. The van der Waals surface area contributed by atoms with Crippen molar-refractivity contribution in [2.24, 2.45) is 7.05 Å². The summed E-state index contributed by atoms with van der Waals surface area (Å²) < 4.78 is 7.95. The van der Waals surface area contributed by atoms with E-state index in [0.29, 0.717) is 17.0 Å². The first kappa shape index (κ1) is 18.0. The monoisotopic (exact) mass is 420 g/mol. The van der Waals surface area contributed by atoms with Crippen LogP contribution in [0.25, 0.3) is 11.0 Å². The lowest BCUT2D eigenvalue weighted by Gasteiger charge is -2.12. The van der Waals surface area contributed by atoms with Crippen LogP contribution in [0.15, 0.2) is 28.7 Å². The molecular formula is C19H18BrClN2O2. The maximum Gasteiger partial charge on any atom is 0.338 e. The number of hydrogen-bond acceptors (Lipinski definition) is 3. The molecule has 4 nitrogen and oxygen atoms in total. The SMILES string of the molecule is COC(=O)c1ccc(Cl)c(Cc2nc3c(C)c(Br)ccc3n2C)c1C. The van der Waals surface area contributed by atoms with Crippen molar-refractivity contribution in [1.82, 2.24) is 9.55 Å². The maximum atomic E-state index is 11.9. The first-order valence-corrected chi connectivity index (χ1v) is 8.99. The zero-order valence-electron chi connectivity index (χ0n) is 14.5. The van der Waals surface area contributed by atoms with E-state index in [2.05, 4.69) is 20.5 Å². The Labute approximate surface area is 159 Å². The van der Waals surface area contributed by atoms with Gasteiger partial charge in [-0.15, -0.1) is 0 Å². The Kier molecular flexibility index (Phi) is 4.89. The lowest BCUT2D eigenvalue weighted by molar-refractivity contribution is 0.0600. The molecule has 130 valence electrons. The first-order chi connectivity index (χ1) is 11.8. The van der Waals surface area contributed by atoms with Gasteiger partial charge in [0.1, 0.15) is 5.82 Å². The van der Waals surface area contributed by atoms with Crippen LogP contribution in [-0.2, 0) is 18.2 Å². The molecule has 6 heteroatoms. The number of aromatic nitrogens is 2. The van der Waals surface area contributed by atoms with Crippen LogP contribution in [0.4, 0.5) is 0 Å². The molecule has 0 aliphatic heterocycles. The zero-order valence-corrected chi connectivity index (χ0v) is 16.8. The number of benzene rings is 2. The van der Waals surface area contributed by atoms with Gasteiger partial charge >= 0.3 is 5.97 Å². The highest BCUT2D eigenvalue weighted by Crippen LogP contribution is 2.29. The number of hydrogen-bond donors (Lipinski definition) is 0. The summed E-state index contributed by atoms with van der Waals surface area (Å²) in [7, 11) is 3.37. The molecule has 25 heavy (non-hydrogen) atoms. The molecule has 1 heterocycles. The molecule has 0 saturated carbocycles. The summed E-state index contributed by atoms with van der Waals surface area (Å²) in [5.74, 6) is 0.531. The number of aryl methyl sites for hydroxylation is 2. The fourth-order valence-electron chi connectivity index (χ4n) is 3.00. The Balaban J connectivity index is 2.12. The predicted molar refractivity (Wildman–Crippen MR) is 103 cm³/mol. The summed E-state index contributed by atoms with van der Waals surface area (Å²) in [4.78, 5) is 16.8. The van der Waals surface area contributed by atoms with E-state index in [0.717, 1.165) is 38.0 Å². The Morgan fingerprint density at radius 2 is 1.96 bits per heavy atom. The van der Waals surface area contributed by atoms with Crippen LogP contribution >= 0.6 is 27.5 Å². The number of nitrogens with zero attached hydrogens (tertiary/aromatic N) is 2. The molecule has 0 N–H and O–H groups in total. The number of esters is 1. The molecule has 0 bridgehead atoms. The van der Waals surface area contributed by atoms with Gasteiger partial charge in [-0.3, -0.25) is 0 Å². The normalized spacial score (nSPS) is 11.1. The summed E-state index contributed by atoms with van der Waals surface area (Å²) in [5.41, 5.74) is 5.37. The number of rotatable bonds is 3. The predicted octanol–water partition coefficient (Wildman–Crippen LogP) is 4.98. The number of carbonyl (C=O) groups excluding carboxylic acids is 1. The lowest BCUT2D eigenvalue weighted by Crippen LogP contribution is -2.08. The van der Waals surface area contributed by atoms with Crippen molar-refractivity contribution in [1.29, 1.82) is 0 Å². The van der Waals surface area contributed by atoms with Crippen molar-refractivity contribution in [2.75, 3.05) is 7.11 Å². The number of fused-ring (bicyclic) bond motifs is 1. The summed E-state index contributed by atoms with van der Waals surface area (Å²) in [6.45, 7) is 3.93. The largest absolute Gasteiger partial charge is 0.465 e. The smallest absolute Gasteiger partial charge is 0.338 e. The van der Waals surface area contributed by atoms with Crippen LogP contribution in [0.5, 0.6) is 0 Å². The molecular weight excluding hydrogens is 404 g/mol. The molecule has 0 saturated heterocycles. The Morgan fingerprint density at radius 1 is 1.24 bits per heavy atom. The first-order valence-electron chi connectivity index (χ1n) is 7.81. The van der Waals surface area contributed by atoms with Crippen molar-refractivity contribution < 1.29 is 9.53 Å². The highest BCUT2D eigenvalue weighted by Gasteiger charge is 2.18. The third-order valence-electron chi connectivity index (χ3n) is 4.61. The second-order valence-electron chi connectivity index (χ2n) is 5.99. The van der Waals surface area contributed by atoms with E-state index in [1.165, 1.54) is 7.11 Å². The van der Waals surface area contributed by atoms with E-state index in [4.69, 9.17) is 21.3 Å². The van der Waals surface area contributed by atoms with Crippen molar-refractivity contribution in [3.05, 3.63) is 61.8 Å². The van der Waals surface area contributed by atoms with Crippen LogP contribution in [0.2, 0.25) is 5.02 Å². The average Bonchev–Trinajstić information content (AvgIpc) is 2.91. The fraction of sp³-hybridized carbons (Fsp3) is 0.263. The molecule has 0 spiro atoms. The molecule has 3 rings (SSSR count). The zero-order chi connectivity index (χ0) is 18.3. The summed E-state index contributed by atoms with van der Waals surface area (Å²) in [5, 5.41) is 0.620. The van der Waals surface area contributed by atoms with Crippen LogP contribution < -0.4 is 0 Å². The van der Waals surface area contributed by atoms with Gasteiger partial charge in [0.15, 0.2) is 0 Å². The van der Waals surface area contributed by atoms with Gasteiger partial charge in [-0.2, -0.15) is 0 Å². The average molecular weight is 422 g/mol. The minimum atomic E-state index is -0.361. The third-order valence-corrected chi connectivity index (χ3v) is 5.83. The van der Waals surface area contributed by atoms with Gasteiger partial charge in [0.2, 0.25) is 0 Å². The van der Waals surface area contributed by atoms with Crippen LogP contribution in [0.3, 0.4) is 0 Å². The molecule has 2 aromatic carbocycles. The molecule has 0 aliphatic rings. The highest BCUT2D eigenvalue weighted by atomic mass is 79.9. The van der Waals surface area contributed by atoms with Crippen LogP contribution in [-0.4, -0.2) is 22.6 Å². The molecule has 3 aromatic rings. The van der Waals surface area contributed by atoms with Crippen LogP contribution in [0.1, 0.15) is 32.9 Å². The minimum absolute atomic E-state index is 0.361. The summed E-state index contributed by atoms with van der Waals surface area (Å²) >= 11 is 9.96. The molecule has 0 radical (unpaired) electrons. The quantitative estimate of drug-likeness (QED) is 0.560. The molecule has 0 aliphatic carbocycles. The van der Waals surface area contributed by atoms with E-state index in [1.807, 2.05) is 33.0 Å².